The van der Waals surface area contributed by atoms with Gasteiger partial charge in [-0.25, -0.2) is 0 Å². The van der Waals surface area contributed by atoms with Gasteiger partial charge in [-0.3, -0.25) is 4.99 Å². The summed E-state index contributed by atoms with van der Waals surface area (Å²) >= 11 is 0. The molecule has 0 aromatic heterocycles. The molecule has 0 aliphatic carbocycles. The Hall–Kier alpha value is -3.07. The highest BCUT2D eigenvalue weighted by atomic mass is 16.5. The number of hydrogen-bond donors (Lipinski definition) is 1. The molecule has 0 spiro atoms. The number of hydrogen-bond acceptors (Lipinski definition) is 3. The highest BCUT2D eigenvalue weighted by Crippen LogP contribution is 2.47. The van der Waals surface area contributed by atoms with Crippen molar-refractivity contribution in [3.63, 3.8) is 0 Å². The van der Waals surface area contributed by atoms with Crippen LogP contribution in [0.15, 0.2) is 59.6 Å². The van der Waals surface area contributed by atoms with Crippen LogP contribution in [-0.2, 0) is 10.8 Å². The van der Waals surface area contributed by atoms with Gasteiger partial charge >= 0.3 is 0 Å². The second-order valence-corrected chi connectivity index (χ2v) is 10.7. The van der Waals surface area contributed by atoms with Crippen molar-refractivity contribution in [2.24, 2.45) is 4.99 Å². The number of anilines is 1. The van der Waals surface area contributed by atoms with Crippen molar-refractivity contribution in [3.8, 4) is 11.5 Å². The Labute approximate surface area is 189 Å². The maximum Gasteiger partial charge on any atom is 0.137 e. The van der Waals surface area contributed by atoms with E-state index >= 15 is 0 Å². The zero-order chi connectivity index (χ0) is 22.4. The van der Waals surface area contributed by atoms with Crippen molar-refractivity contribution in [1.82, 2.24) is 0 Å². The molecule has 1 N–H and O–H groups in total. The molecule has 0 saturated carbocycles. The molecule has 32 heavy (non-hydrogen) atoms. The SMILES string of the molecule is CC1N=c2cc3c(cc2C1(C)C)=C(c1ccccc1)c1cc2c(cc1O3)NC(C)C2(C)C. The van der Waals surface area contributed by atoms with Crippen molar-refractivity contribution >= 4 is 11.3 Å². The molecule has 3 heterocycles. The maximum absolute atomic E-state index is 6.57. The normalized spacial score (nSPS) is 23.2. The van der Waals surface area contributed by atoms with Crippen LogP contribution in [0.1, 0.15) is 63.8 Å². The fourth-order valence-corrected chi connectivity index (χ4v) is 5.41. The minimum absolute atomic E-state index is 0.00567. The topological polar surface area (TPSA) is 33.6 Å². The lowest BCUT2D eigenvalue weighted by Crippen LogP contribution is -2.30. The molecule has 162 valence electrons. The van der Waals surface area contributed by atoms with Crippen LogP contribution in [0.5, 0.6) is 11.5 Å². The lowest BCUT2D eigenvalue weighted by molar-refractivity contribution is 0.456. The molecule has 0 fully saturated rings. The van der Waals surface area contributed by atoms with Gasteiger partial charge in [-0.15, -0.1) is 0 Å². The van der Waals surface area contributed by atoms with Gasteiger partial charge in [0.25, 0.3) is 0 Å². The number of nitrogens with zero attached hydrogens (tertiary/aromatic N) is 1. The van der Waals surface area contributed by atoms with Crippen molar-refractivity contribution < 1.29 is 4.74 Å². The quantitative estimate of drug-likeness (QED) is 0.444. The van der Waals surface area contributed by atoms with E-state index in [1.165, 1.54) is 33.5 Å². The largest absolute Gasteiger partial charge is 0.456 e. The lowest BCUT2D eigenvalue weighted by atomic mass is 9.78. The van der Waals surface area contributed by atoms with Crippen LogP contribution in [-0.4, -0.2) is 12.1 Å². The van der Waals surface area contributed by atoms with Crippen LogP contribution < -0.4 is 20.6 Å². The Kier molecular flexibility index (Phi) is 3.83. The van der Waals surface area contributed by atoms with Crippen molar-refractivity contribution in [2.45, 2.75) is 64.5 Å². The molecule has 0 radical (unpaired) electrons. The first kappa shape index (κ1) is 19.6. The van der Waals surface area contributed by atoms with E-state index in [4.69, 9.17) is 9.73 Å². The Bertz CT molecular complexity index is 1400. The van der Waals surface area contributed by atoms with Gasteiger partial charge in [-0.2, -0.15) is 0 Å². The van der Waals surface area contributed by atoms with E-state index in [0.29, 0.717) is 6.04 Å². The summed E-state index contributed by atoms with van der Waals surface area (Å²) in [6.45, 7) is 13.7. The standard InChI is InChI=1S/C29H30N2O/c1-16-28(3,4)21-12-19-25(14-23(21)30-16)32-26-15-24-22(29(5,6)17(2)31-24)13-20(26)27(19)18-10-8-7-9-11-18/h7-17,30H,1-6H3. The molecule has 2 unspecified atom stereocenters. The van der Waals surface area contributed by atoms with Crippen LogP contribution in [0.4, 0.5) is 5.69 Å². The fourth-order valence-electron chi connectivity index (χ4n) is 5.41. The summed E-state index contributed by atoms with van der Waals surface area (Å²) in [5.74, 6) is 1.81. The molecular weight excluding hydrogens is 392 g/mol. The first-order chi connectivity index (χ1) is 15.2. The Morgan fingerprint density at radius 1 is 0.844 bits per heavy atom. The summed E-state index contributed by atoms with van der Waals surface area (Å²) < 4.78 is 6.57. The molecule has 0 bridgehead atoms. The molecule has 3 nitrogen and oxygen atoms in total. The van der Waals surface area contributed by atoms with E-state index in [1.54, 1.807) is 0 Å². The van der Waals surface area contributed by atoms with Gasteiger partial charge in [-0.05, 0) is 42.7 Å². The lowest BCUT2D eigenvalue weighted by Gasteiger charge is -2.27. The third-order valence-corrected chi connectivity index (χ3v) is 8.26. The molecule has 0 amide bonds. The summed E-state index contributed by atoms with van der Waals surface area (Å²) in [4.78, 5) is 4.95. The number of ether oxygens (including phenoxy) is 1. The van der Waals surface area contributed by atoms with Gasteiger partial charge in [0.1, 0.15) is 11.5 Å². The molecule has 2 atom stereocenters. The van der Waals surface area contributed by atoms with Crippen LogP contribution in [0.2, 0.25) is 0 Å². The first-order valence-electron chi connectivity index (χ1n) is 11.6. The first-order valence-corrected chi connectivity index (χ1v) is 11.6. The second kappa shape index (κ2) is 6.25. The van der Waals surface area contributed by atoms with Crippen molar-refractivity contribution in [2.75, 3.05) is 5.32 Å². The highest BCUT2D eigenvalue weighted by molar-refractivity contribution is 5.87. The Morgan fingerprint density at radius 2 is 1.59 bits per heavy atom. The summed E-state index contributed by atoms with van der Waals surface area (Å²) in [6.07, 6.45) is 0. The summed E-state index contributed by atoms with van der Waals surface area (Å²) in [6, 6.07) is 20.4. The molecular formula is C29H30N2O. The van der Waals surface area contributed by atoms with Gasteiger partial charge in [0.15, 0.2) is 0 Å². The van der Waals surface area contributed by atoms with E-state index in [-0.39, 0.29) is 16.9 Å². The Morgan fingerprint density at radius 3 is 2.34 bits per heavy atom. The minimum Gasteiger partial charge on any atom is -0.456 e. The Balaban J connectivity index is 1.71. The van der Waals surface area contributed by atoms with Gasteiger partial charge in [0, 0.05) is 51.0 Å². The van der Waals surface area contributed by atoms with Gasteiger partial charge in [0.05, 0.1) is 11.4 Å². The van der Waals surface area contributed by atoms with Crippen LogP contribution in [0.25, 0.3) is 5.57 Å². The maximum atomic E-state index is 6.57. The minimum atomic E-state index is 0.00567. The van der Waals surface area contributed by atoms with Crippen LogP contribution in [0, 0.1) is 0 Å². The molecule has 6 rings (SSSR count). The van der Waals surface area contributed by atoms with E-state index in [0.717, 1.165) is 22.1 Å². The van der Waals surface area contributed by atoms with Gasteiger partial charge in [-0.1, -0.05) is 58.0 Å². The van der Waals surface area contributed by atoms with Crippen molar-refractivity contribution in [3.05, 3.63) is 87.4 Å². The molecule has 3 heteroatoms. The number of rotatable bonds is 1. The van der Waals surface area contributed by atoms with E-state index < -0.39 is 0 Å². The fraction of sp³-hybridized carbons (Fsp3) is 0.345. The number of fused-ring (bicyclic) bond motifs is 4. The third kappa shape index (κ3) is 2.51. The molecule has 3 aromatic carbocycles. The zero-order valence-corrected chi connectivity index (χ0v) is 19.7. The van der Waals surface area contributed by atoms with Crippen molar-refractivity contribution in [1.29, 1.82) is 0 Å². The van der Waals surface area contributed by atoms with E-state index in [9.17, 15) is 0 Å². The van der Waals surface area contributed by atoms with E-state index in [2.05, 4.69) is 101 Å². The van der Waals surface area contributed by atoms with Gasteiger partial charge < -0.3 is 10.1 Å². The summed E-state index contributed by atoms with van der Waals surface area (Å²) in [7, 11) is 0. The average molecular weight is 423 g/mol. The van der Waals surface area contributed by atoms with E-state index in [1.807, 2.05) is 0 Å². The molecule has 0 saturated heterocycles. The van der Waals surface area contributed by atoms with Crippen LogP contribution >= 0.6 is 0 Å². The average Bonchev–Trinajstić information content (AvgIpc) is 3.11. The summed E-state index contributed by atoms with van der Waals surface area (Å²) in [5.41, 5.74) is 7.54. The summed E-state index contributed by atoms with van der Waals surface area (Å²) in [5, 5.41) is 5.89. The second-order valence-electron chi connectivity index (χ2n) is 10.7. The smallest absolute Gasteiger partial charge is 0.137 e. The molecule has 3 aromatic rings. The number of benzene rings is 3. The zero-order valence-electron chi connectivity index (χ0n) is 19.7. The van der Waals surface area contributed by atoms with Crippen LogP contribution in [0.3, 0.4) is 0 Å². The highest BCUT2D eigenvalue weighted by Gasteiger charge is 2.39. The third-order valence-electron chi connectivity index (χ3n) is 8.26. The monoisotopic (exact) mass is 422 g/mol. The predicted octanol–water partition coefficient (Wildman–Crippen LogP) is 5.43. The number of nitrogens with one attached hydrogen (secondary N) is 1. The molecule has 3 aliphatic rings. The van der Waals surface area contributed by atoms with Gasteiger partial charge in [0.2, 0.25) is 0 Å². The predicted molar refractivity (Wildman–Crippen MR) is 130 cm³/mol. The molecule has 3 aliphatic heterocycles.